The number of ether oxygens (including phenoxy) is 1. The molecule has 98 valence electrons. The first-order valence-corrected chi connectivity index (χ1v) is 7.41. The standard InChI is InChI=1S/C9H7Cl2NO5S/c10-5-1-2-6(18(11,15)16)8-7(5)12(9(13)14)3-4-17-8/h1-2H,3-4H2,(H,13,14). The summed E-state index contributed by atoms with van der Waals surface area (Å²) in [5.74, 6) is -0.133. The molecule has 1 aromatic rings. The fourth-order valence-corrected chi connectivity index (χ4v) is 2.88. The second-order valence-electron chi connectivity index (χ2n) is 3.44. The number of carbonyl (C=O) groups is 1. The Bertz CT molecular complexity index is 616. The van der Waals surface area contributed by atoms with Crippen molar-refractivity contribution in [2.45, 2.75) is 4.90 Å². The monoisotopic (exact) mass is 311 g/mol. The van der Waals surface area contributed by atoms with Crippen LogP contribution in [0.4, 0.5) is 10.5 Å². The number of amides is 1. The average molecular weight is 312 g/mol. The highest BCUT2D eigenvalue weighted by molar-refractivity contribution is 8.13. The molecule has 0 spiro atoms. The molecule has 0 bridgehead atoms. The first-order valence-electron chi connectivity index (χ1n) is 4.73. The van der Waals surface area contributed by atoms with Crippen molar-refractivity contribution in [1.82, 2.24) is 0 Å². The summed E-state index contributed by atoms with van der Waals surface area (Å²) in [6.07, 6.45) is -1.24. The molecule has 18 heavy (non-hydrogen) atoms. The van der Waals surface area contributed by atoms with Gasteiger partial charge in [0.25, 0.3) is 9.05 Å². The zero-order valence-corrected chi connectivity index (χ0v) is 11.1. The molecule has 2 rings (SSSR count). The number of fused-ring (bicyclic) bond motifs is 1. The molecule has 1 aliphatic heterocycles. The minimum Gasteiger partial charge on any atom is -0.488 e. The molecule has 0 aliphatic carbocycles. The molecule has 1 aliphatic rings. The van der Waals surface area contributed by atoms with E-state index in [1.807, 2.05) is 0 Å². The van der Waals surface area contributed by atoms with Gasteiger partial charge in [-0.1, -0.05) is 11.6 Å². The Labute approximate surface area is 112 Å². The highest BCUT2D eigenvalue weighted by Crippen LogP contribution is 2.43. The van der Waals surface area contributed by atoms with Crippen LogP contribution in [0.2, 0.25) is 5.02 Å². The molecule has 6 nitrogen and oxygen atoms in total. The lowest BCUT2D eigenvalue weighted by molar-refractivity contribution is 0.196. The van der Waals surface area contributed by atoms with E-state index in [9.17, 15) is 13.2 Å². The number of anilines is 1. The van der Waals surface area contributed by atoms with E-state index in [0.29, 0.717) is 0 Å². The van der Waals surface area contributed by atoms with Crippen LogP contribution in [-0.2, 0) is 9.05 Å². The summed E-state index contributed by atoms with van der Waals surface area (Å²) < 4.78 is 27.9. The number of halogens is 2. The maximum atomic E-state index is 11.4. The van der Waals surface area contributed by atoms with Crippen molar-refractivity contribution in [2.75, 3.05) is 18.1 Å². The topological polar surface area (TPSA) is 83.9 Å². The molecule has 1 amide bonds. The third kappa shape index (κ3) is 2.21. The van der Waals surface area contributed by atoms with Gasteiger partial charge in [-0.25, -0.2) is 13.2 Å². The van der Waals surface area contributed by atoms with Crippen molar-refractivity contribution in [3.63, 3.8) is 0 Å². The lowest BCUT2D eigenvalue weighted by Crippen LogP contribution is -2.37. The van der Waals surface area contributed by atoms with Gasteiger partial charge >= 0.3 is 6.09 Å². The summed E-state index contributed by atoms with van der Waals surface area (Å²) in [7, 11) is 1.22. The zero-order valence-electron chi connectivity index (χ0n) is 8.76. The Hall–Kier alpha value is -1.18. The molecule has 9 heteroatoms. The minimum absolute atomic E-state index is 0.00265. The quantitative estimate of drug-likeness (QED) is 0.803. The van der Waals surface area contributed by atoms with E-state index in [2.05, 4.69) is 0 Å². The molecule has 0 saturated carbocycles. The summed E-state index contributed by atoms with van der Waals surface area (Å²) in [5.41, 5.74) is -0.00265. The molecule has 0 unspecified atom stereocenters. The molecule has 0 aromatic heterocycles. The molecule has 1 N–H and O–H groups in total. The zero-order chi connectivity index (χ0) is 13.5. The van der Waals surface area contributed by atoms with E-state index in [-0.39, 0.29) is 34.5 Å². The largest absolute Gasteiger partial charge is 0.488 e. The van der Waals surface area contributed by atoms with Gasteiger partial charge in [-0.2, -0.15) is 0 Å². The number of rotatable bonds is 1. The smallest absolute Gasteiger partial charge is 0.412 e. The fraction of sp³-hybridized carbons (Fsp3) is 0.222. The third-order valence-electron chi connectivity index (χ3n) is 2.37. The minimum atomic E-state index is -4.04. The number of benzene rings is 1. The SMILES string of the molecule is O=C(O)N1CCOc2c(S(=O)(=O)Cl)ccc(Cl)c21. The molecule has 1 heterocycles. The second kappa shape index (κ2) is 4.49. The van der Waals surface area contributed by atoms with Crippen molar-refractivity contribution >= 4 is 43.1 Å². The summed E-state index contributed by atoms with van der Waals surface area (Å²) in [6, 6.07) is 2.44. The van der Waals surface area contributed by atoms with E-state index >= 15 is 0 Å². The molecule has 0 saturated heterocycles. The van der Waals surface area contributed by atoms with Crippen LogP contribution in [0.5, 0.6) is 5.75 Å². The Morgan fingerprint density at radius 3 is 2.67 bits per heavy atom. The van der Waals surface area contributed by atoms with E-state index in [1.165, 1.54) is 12.1 Å². The van der Waals surface area contributed by atoms with Gasteiger partial charge in [0.15, 0.2) is 5.75 Å². The van der Waals surface area contributed by atoms with Gasteiger partial charge in [-0.3, -0.25) is 4.90 Å². The Morgan fingerprint density at radius 2 is 2.11 bits per heavy atom. The number of hydrogen-bond acceptors (Lipinski definition) is 4. The van der Waals surface area contributed by atoms with Gasteiger partial charge in [0.1, 0.15) is 17.2 Å². The first kappa shape index (κ1) is 13.3. The van der Waals surface area contributed by atoms with Crippen LogP contribution >= 0.6 is 22.3 Å². The number of hydrogen-bond donors (Lipinski definition) is 1. The van der Waals surface area contributed by atoms with Gasteiger partial charge < -0.3 is 9.84 Å². The van der Waals surface area contributed by atoms with Gasteiger partial charge in [0.2, 0.25) is 0 Å². The molecular formula is C9H7Cl2NO5S. The van der Waals surface area contributed by atoms with Gasteiger partial charge in [0.05, 0.1) is 11.6 Å². The van der Waals surface area contributed by atoms with Crippen molar-refractivity contribution in [3.8, 4) is 5.75 Å². The van der Waals surface area contributed by atoms with Gasteiger partial charge in [-0.15, -0.1) is 0 Å². The first-order chi connectivity index (χ1) is 8.32. The van der Waals surface area contributed by atoms with Gasteiger partial charge in [0, 0.05) is 10.7 Å². The highest BCUT2D eigenvalue weighted by Gasteiger charge is 2.31. The molecule has 0 radical (unpaired) electrons. The Balaban J connectivity index is 2.73. The molecular weight excluding hydrogens is 305 g/mol. The molecule has 1 aromatic carbocycles. The van der Waals surface area contributed by atoms with Crippen molar-refractivity contribution in [1.29, 1.82) is 0 Å². The summed E-state index contributed by atoms with van der Waals surface area (Å²) in [6.45, 7) is 0.0902. The fourth-order valence-electron chi connectivity index (χ4n) is 1.65. The van der Waals surface area contributed by atoms with E-state index < -0.39 is 15.1 Å². The van der Waals surface area contributed by atoms with Crippen LogP contribution in [0.3, 0.4) is 0 Å². The lowest BCUT2D eigenvalue weighted by Gasteiger charge is -2.28. The predicted octanol–water partition coefficient (Wildman–Crippen LogP) is 2.14. The van der Waals surface area contributed by atoms with Crippen LogP contribution in [0.15, 0.2) is 17.0 Å². The van der Waals surface area contributed by atoms with Crippen molar-refractivity contribution in [2.24, 2.45) is 0 Å². The molecule has 0 atom stereocenters. The van der Waals surface area contributed by atoms with Crippen LogP contribution < -0.4 is 9.64 Å². The normalized spacial score (nSPS) is 14.9. The van der Waals surface area contributed by atoms with Crippen LogP contribution in [-0.4, -0.2) is 32.8 Å². The lowest BCUT2D eigenvalue weighted by atomic mass is 10.2. The van der Waals surface area contributed by atoms with Crippen LogP contribution in [0.1, 0.15) is 0 Å². The number of carboxylic acid groups (broad SMARTS) is 1. The van der Waals surface area contributed by atoms with E-state index in [4.69, 9.17) is 32.1 Å². The van der Waals surface area contributed by atoms with E-state index in [1.54, 1.807) is 0 Å². The predicted molar refractivity (Wildman–Crippen MR) is 65.4 cm³/mol. The average Bonchev–Trinajstić information content (AvgIpc) is 2.27. The maximum absolute atomic E-state index is 11.4. The Morgan fingerprint density at radius 1 is 1.44 bits per heavy atom. The highest BCUT2D eigenvalue weighted by atomic mass is 35.7. The summed E-state index contributed by atoms with van der Waals surface area (Å²) in [4.78, 5) is 11.7. The van der Waals surface area contributed by atoms with Crippen LogP contribution in [0.25, 0.3) is 0 Å². The summed E-state index contributed by atoms with van der Waals surface area (Å²) >= 11 is 5.88. The number of nitrogens with zero attached hydrogens (tertiary/aromatic N) is 1. The van der Waals surface area contributed by atoms with Crippen LogP contribution in [0, 0.1) is 0 Å². The maximum Gasteiger partial charge on any atom is 0.412 e. The third-order valence-corrected chi connectivity index (χ3v) is 4.02. The summed E-state index contributed by atoms with van der Waals surface area (Å²) in [5, 5.41) is 9.11. The van der Waals surface area contributed by atoms with Crippen molar-refractivity contribution < 1.29 is 23.1 Å². The Kier molecular flexibility index (Phi) is 3.31. The van der Waals surface area contributed by atoms with Gasteiger partial charge in [-0.05, 0) is 12.1 Å². The van der Waals surface area contributed by atoms with E-state index in [0.717, 1.165) is 4.90 Å². The molecule has 0 fully saturated rings. The van der Waals surface area contributed by atoms with Crippen molar-refractivity contribution in [3.05, 3.63) is 17.2 Å². The second-order valence-corrected chi connectivity index (χ2v) is 6.39.